The van der Waals surface area contributed by atoms with Crippen molar-refractivity contribution in [3.63, 3.8) is 0 Å². The van der Waals surface area contributed by atoms with E-state index in [2.05, 4.69) is 40.6 Å². The van der Waals surface area contributed by atoms with Crippen molar-refractivity contribution < 1.29 is 4.42 Å². The third kappa shape index (κ3) is 2.10. The smallest absolute Gasteiger partial charge is 0.227 e. The van der Waals surface area contributed by atoms with Gasteiger partial charge in [0.1, 0.15) is 5.52 Å². The molecular formula is C15H13IN2O. The average molecular weight is 364 g/mol. The summed E-state index contributed by atoms with van der Waals surface area (Å²) in [5.41, 5.74) is 11.4. The van der Waals surface area contributed by atoms with Crippen molar-refractivity contribution in [2.75, 3.05) is 5.73 Å². The van der Waals surface area contributed by atoms with Gasteiger partial charge in [0.25, 0.3) is 0 Å². The van der Waals surface area contributed by atoms with Gasteiger partial charge in [-0.05, 0) is 71.8 Å². The molecular weight excluding hydrogens is 351 g/mol. The molecule has 0 bridgehead atoms. The summed E-state index contributed by atoms with van der Waals surface area (Å²) in [7, 11) is 0. The van der Waals surface area contributed by atoms with E-state index in [1.165, 1.54) is 9.13 Å². The maximum absolute atomic E-state index is 5.91. The first-order valence-electron chi connectivity index (χ1n) is 5.98. The minimum Gasteiger partial charge on any atom is -0.436 e. The Bertz CT molecular complexity index is 777. The van der Waals surface area contributed by atoms with Gasteiger partial charge in [0.05, 0.1) is 0 Å². The number of nitrogen functional groups attached to an aromatic ring is 1. The number of benzene rings is 2. The van der Waals surface area contributed by atoms with Crippen molar-refractivity contribution in [1.29, 1.82) is 0 Å². The largest absolute Gasteiger partial charge is 0.436 e. The highest BCUT2D eigenvalue weighted by molar-refractivity contribution is 14.1. The van der Waals surface area contributed by atoms with Gasteiger partial charge in [-0.2, -0.15) is 0 Å². The molecule has 3 rings (SSSR count). The van der Waals surface area contributed by atoms with Crippen molar-refractivity contribution in [3.8, 4) is 11.5 Å². The number of hydrogen-bond acceptors (Lipinski definition) is 3. The summed E-state index contributed by atoms with van der Waals surface area (Å²) in [5, 5.41) is 0. The number of aromatic nitrogens is 1. The van der Waals surface area contributed by atoms with E-state index >= 15 is 0 Å². The van der Waals surface area contributed by atoms with Crippen molar-refractivity contribution in [3.05, 3.63) is 45.0 Å². The molecule has 0 fully saturated rings. The van der Waals surface area contributed by atoms with Crippen LogP contribution in [0.5, 0.6) is 0 Å². The van der Waals surface area contributed by atoms with Gasteiger partial charge in [0.15, 0.2) is 5.58 Å². The fourth-order valence-electron chi connectivity index (χ4n) is 2.18. The molecule has 0 saturated carbocycles. The zero-order valence-corrected chi connectivity index (χ0v) is 12.9. The molecule has 4 heteroatoms. The number of nitrogens with zero attached hydrogens (tertiary/aromatic N) is 1. The lowest BCUT2D eigenvalue weighted by Gasteiger charge is -2.02. The third-order valence-corrected chi connectivity index (χ3v) is 4.36. The second-order valence-corrected chi connectivity index (χ2v) is 5.78. The number of nitrogens with two attached hydrogens (primary N) is 1. The Labute approximate surface area is 125 Å². The minimum atomic E-state index is 0.653. The second-order valence-electron chi connectivity index (χ2n) is 4.62. The monoisotopic (exact) mass is 364 g/mol. The summed E-state index contributed by atoms with van der Waals surface area (Å²) in [6.07, 6.45) is 0. The molecule has 0 unspecified atom stereocenters. The van der Waals surface area contributed by atoms with Gasteiger partial charge >= 0.3 is 0 Å². The molecule has 0 spiro atoms. The van der Waals surface area contributed by atoms with Crippen LogP contribution in [0, 0.1) is 17.4 Å². The Morgan fingerprint density at radius 1 is 1.21 bits per heavy atom. The predicted octanol–water partition coefficient (Wildman–Crippen LogP) is 4.30. The topological polar surface area (TPSA) is 52.0 Å². The molecule has 0 aliphatic rings. The summed E-state index contributed by atoms with van der Waals surface area (Å²) in [5.74, 6) is 0.653. The summed E-state index contributed by atoms with van der Waals surface area (Å²) in [6.45, 7) is 4.06. The van der Waals surface area contributed by atoms with Gasteiger partial charge in [-0.25, -0.2) is 4.98 Å². The van der Waals surface area contributed by atoms with Crippen molar-refractivity contribution in [2.24, 2.45) is 0 Å². The highest BCUT2D eigenvalue weighted by atomic mass is 127. The lowest BCUT2D eigenvalue weighted by molar-refractivity contribution is 0.617. The van der Waals surface area contributed by atoms with Gasteiger partial charge in [-0.3, -0.25) is 0 Å². The van der Waals surface area contributed by atoms with Crippen LogP contribution in [0.4, 0.5) is 5.69 Å². The number of anilines is 1. The molecule has 3 aromatic rings. The fraction of sp³-hybridized carbons (Fsp3) is 0.133. The van der Waals surface area contributed by atoms with Gasteiger partial charge in [0.2, 0.25) is 5.89 Å². The molecule has 0 saturated heterocycles. The summed E-state index contributed by atoms with van der Waals surface area (Å²) < 4.78 is 7.11. The van der Waals surface area contributed by atoms with E-state index < -0.39 is 0 Å². The molecule has 2 aromatic carbocycles. The van der Waals surface area contributed by atoms with Gasteiger partial charge in [-0.1, -0.05) is 6.07 Å². The Morgan fingerprint density at radius 2 is 2.00 bits per heavy atom. The van der Waals surface area contributed by atoms with Gasteiger partial charge in [0, 0.05) is 14.8 Å². The van der Waals surface area contributed by atoms with Crippen LogP contribution in [0.2, 0.25) is 0 Å². The molecule has 0 aliphatic carbocycles. The number of hydrogen-bond donors (Lipinski definition) is 1. The Morgan fingerprint density at radius 3 is 2.79 bits per heavy atom. The van der Waals surface area contributed by atoms with E-state index in [4.69, 9.17) is 10.2 Å². The van der Waals surface area contributed by atoms with Crippen LogP contribution in [-0.4, -0.2) is 4.98 Å². The Hall–Kier alpha value is -1.56. The quantitative estimate of drug-likeness (QED) is 0.518. The number of halogens is 1. The third-order valence-electron chi connectivity index (χ3n) is 3.20. The lowest BCUT2D eigenvalue weighted by atomic mass is 10.1. The number of aryl methyl sites for hydroxylation is 1. The van der Waals surface area contributed by atoms with E-state index in [-0.39, 0.29) is 0 Å². The number of rotatable bonds is 1. The first kappa shape index (κ1) is 12.5. The highest BCUT2D eigenvalue weighted by Crippen LogP contribution is 2.31. The number of oxazole rings is 1. The van der Waals surface area contributed by atoms with Gasteiger partial charge < -0.3 is 10.2 Å². The van der Waals surface area contributed by atoms with Crippen LogP contribution in [0.1, 0.15) is 11.1 Å². The van der Waals surface area contributed by atoms with E-state index in [0.717, 1.165) is 22.2 Å². The Kier molecular flexibility index (Phi) is 2.97. The average Bonchev–Trinajstić information content (AvgIpc) is 2.76. The molecule has 0 amide bonds. The fourth-order valence-corrected chi connectivity index (χ4v) is 2.68. The molecule has 0 atom stereocenters. The summed E-state index contributed by atoms with van der Waals surface area (Å²) >= 11 is 2.32. The van der Waals surface area contributed by atoms with Crippen LogP contribution < -0.4 is 5.73 Å². The highest BCUT2D eigenvalue weighted by Gasteiger charge is 2.13. The SMILES string of the molecule is Cc1c(I)cccc1-c1nc2cc(N)cc(C)c2o1. The normalized spacial score (nSPS) is 11.1. The first-order valence-corrected chi connectivity index (χ1v) is 7.06. The van der Waals surface area contributed by atoms with Crippen molar-refractivity contribution in [1.82, 2.24) is 4.98 Å². The minimum absolute atomic E-state index is 0.653. The van der Waals surface area contributed by atoms with Crippen molar-refractivity contribution >= 4 is 39.4 Å². The molecule has 0 radical (unpaired) electrons. The molecule has 1 heterocycles. The molecule has 19 heavy (non-hydrogen) atoms. The maximum atomic E-state index is 5.91. The summed E-state index contributed by atoms with van der Waals surface area (Å²) in [4.78, 5) is 4.56. The second kappa shape index (κ2) is 4.52. The molecule has 3 nitrogen and oxygen atoms in total. The molecule has 0 aliphatic heterocycles. The maximum Gasteiger partial charge on any atom is 0.227 e. The van der Waals surface area contributed by atoms with E-state index in [9.17, 15) is 0 Å². The standard InChI is InChI=1S/C15H13IN2O/c1-8-6-10(17)7-13-14(8)19-15(18-13)11-4-3-5-12(16)9(11)2/h3-7H,17H2,1-2H3. The first-order chi connectivity index (χ1) is 9.06. The molecule has 1 aromatic heterocycles. The van der Waals surface area contributed by atoms with Crippen LogP contribution >= 0.6 is 22.6 Å². The molecule has 96 valence electrons. The summed E-state index contributed by atoms with van der Waals surface area (Å²) in [6, 6.07) is 9.86. The van der Waals surface area contributed by atoms with Gasteiger partial charge in [-0.15, -0.1) is 0 Å². The predicted molar refractivity (Wildman–Crippen MR) is 86.0 cm³/mol. The molecule has 2 N–H and O–H groups in total. The van der Waals surface area contributed by atoms with E-state index in [1.807, 2.05) is 31.2 Å². The van der Waals surface area contributed by atoms with Crippen molar-refractivity contribution in [2.45, 2.75) is 13.8 Å². The number of fused-ring (bicyclic) bond motifs is 1. The van der Waals surface area contributed by atoms with Crippen LogP contribution in [0.25, 0.3) is 22.6 Å². The van der Waals surface area contributed by atoms with E-state index in [1.54, 1.807) is 0 Å². The zero-order valence-electron chi connectivity index (χ0n) is 10.7. The Balaban J connectivity index is 2.26. The zero-order chi connectivity index (χ0) is 13.6. The van der Waals surface area contributed by atoms with Crippen LogP contribution in [-0.2, 0) is 0 Å². The van der Waals surface area contributed by atoms with Crippen LogP contribution in [0.15, 0.2) is 34.7 Å². The van der Waals surface area contributed by atoms with Crippen LogP contribution in [0.3, 0.4) is 0 Å². The lowest BCUT2D eigenvalue weighted by Crippen LogP contribution is -1.86. The van der Waals surface area contributed by atoms with E-state index in [0.29, 0.717) is 11.6 Å².